The molecule has 1 aliphatic rings. The van der Waals surface area contributed by atoms with Crippen LogP contribution in [0.4, 0.5) is 0 Å². The zero-order chi connectivity index (χ0) is 14.1. The third-order valence-corrected chi connectivity index (χ3v) is 3.43. The molecule has 0 amide bonds. The molecule has 0 saturated carbocycles. The monoisotopic (exact) mass is 334 g/mol. The van der Waals surface area contributed by atoms with Gasteiger partial charge in [-0.05, 0) is 33.5 Å². The minimum absolute atomic E-state index is 0.157. The van der Waals surface area contributed by atoms with Gasteiger partial charge in [0.05, 0.1) is 10.9 Å². The Balaban J connectivity index is 1.87. The summed E-state index contributed by atoms with van der Waals surface area (Å²) in [7, 11) is 0. The number of halogens is 1. The van der Waals surface area contributed by atoms with Gasteiger partial charge in [0.25, 0.3) is 0 Å². The van der Waals surface area contributed by atoms with E-state index in [-0.39, 0.29) is 17.9 Å². The van der Waals surface area contributed by atoms with Crippen LogP contribution in [0.2, 0.25) is 0 Å². The fourth-order valence-electron chi connectivity index (χ4n) is 2.06. The fourth-order valence-corrected chi connectivity index (χ4v) is 2.26. The fraction of sp³-hybridized carbons (Fsp3) is 0.214. The van der Waals surface area contributed by atoms with Gasteiger partial charge < -0.3 is 9.47 Å². The van der Waals surface area contributed by atoms with Gasteiger partial charge in [-0.3, -0.25) is 4.79 Å². The number of fused-ring (bicyclic) bond motifs is 1. The number of aromatic nitrogens is 2. The van der Waals surface area contributed by atoms with E-state index in [1.807, 2.05) is 19.1 Å². The van der Waals surface area contributed by atoms with Gasteiger partial charge in [-0.1, -0.05) is 13.0 Å². The van der Waals surface area contributed by atoms with E-state index in [1.165, 1.54) is 0 Å². The van der Waals surface area contributed by atoms with Crippen LogP contribution < -0.4 is 9.47 Å². The van der Waals surface area contributed by atoms with Gasteiger partial charge in [0.2, 0.25) is 0 Å². The van der Waals surface area contributed by atoms with Gasteiger partial charge in [0.15, 0.2) is 0 Å². The normalized spacial score (nSPS) is 17.3. The highest BCUT2D eigenvalue weighted by Crippen LogP contribution is 2.37. The zero-order valence-electron chi connectivity index (χ0n) is 10.7. The number of hydrogen-bond donors (Lipinski definition) is 0. The third kappa shape index (κ3) is 2.65. The van der Waals surface area contributed by atoms with E-state index in [4.69, 9.17) is 9.47 Å². The van der Waals surface area contributed by atoms with Gasteiger partial charge in [-0.15, -0.1) is 0 Å². The van der Waals surface area contributed by atoms with Crippen molar-refractivity contribution in [2.45, 2.75) is 19.3 Å². The second-order valence-electron chi connectivity index (χ2n) is 4.56. The minimum atomic E-state index is -0.220. The number of esters is 1. The molecule has 0 fully saturated rings. The summed E-state index contributed by atoms with van der Waals surface area (Å²) in [6, 6.07) is 5.65. The first-order valence-corrected chi connectivity index (χ1v) is 6.91. The second kappa shape index (κ2) is 5.20. The van der Waals surface area contributed by atoms with E-state index < -0.39 is 0 Å². The van der Waals surface area contributed by atoms with Gasteiger partial charge in [-0.2, -0.15) is 0 Å². The highest BCUT2D eigenvalue weighted by Gasteiger charge is 2.24. The summed E-state index contributed by atoms with van der Waals surface area (Å²) in [5.41, 5.74) is 1.01. The Morgan fingerprint density at radius 3 is 2.85 bits per heavy atom. The van der Waals surface area contributed by atoms with Gasteiger partial charge in [0, 0.05) is 18.5 Å². The Kier molecular flexibility index (Phi) is 3.40. The average molecular weight is 335 g/mol. The molecule has 1 atom stereocenters. The molecule has 0 saturated heterocycles. The molecule has 2 aromatic rings. The molecule has 20 heavy (non-hydrogen) atoms. The lowest BCUT2D eigenvalue weighted by Crippen LogP contribution is -2.18. The first kappa shape index (κ1) is 13.1. The highest BCUT2D eigenvalue weighted by atomic mass is 79.9. The highest BCUT2D eigenvalue weighted by molar-refractivity contribution is 9.10. The van der Waals surface area contributed by atoms with Crippen LogP contribution in [0, 0.1) is 0 Å². The molecule has 2 heterocycles. The number of carbonyl (C=O) groups excluding carboxylic acids is 1. The Hall–Kier alpha value is -1.95. The molecule has 0 N–H and O–H groups in total. The molecular weight excluding hydrogens is 324 g/mol. The smallest absolute Gasteiger partial charge is 0.321 e. The van der Waals surface area contributed by atoms with Crippen LogP contribution in [0.5, 0.6) is 17.5 Å². The Bertz CT molecular complexity index is 658. The van der Waals surface area contributed by atoms with Crippen LogP contribution in [0.15, 0.2) is 35.1 Å². The van der Waals surface area contributed by atoms with Crippen molar-refractivity contribution in [2.24, 2.45) is 0 Å². The third-order valence-electron chi connectivity index (χ3n) is 3.02. The van der Waals surface area contributed by atoms with E-state index in [9.17, 15) is 4.79 Å². The van der Waals surface area contributed by atoms with E-state index in [2.05, 4.69) is 25.9 Å². The summed E-state index contributed by atoms with van der Waals surface area (Å²) in [6.45, 7) is 2.00. The summed E-state index contributed by atoms with van der Waals surface area (Å²) >= 11 is 3.26. The zero-order valence-corrected chi connectivity index (χ0v) is 12.3. The number of nitrogens with zero attached hydrogens (tertiary/aromatic N) is 2. The molecule has 3 rings (SSSR count). The van der Waals surface area contributed by atoms with Crippen molar-refractivity contribution in [3.8, 4) is 17.5 Å². The van der Waals surface area contributed by atoms with Crippen LogP contribution >= 0.6 is 15.9 Å². The molecule has 1 unspecified atom stereocenters. The van der Waals surface area contributed by atoms with Gasteiger partial charge in [-0.25, -0.2) is 9.97 Å². The van der Waals surface area contributed by atoms with Crippen LogP contribution in [-0.2, 0) is 4.79 Å². The molecular formula is C14H11BrN2O3. The molecule has 1 aliphatic heterocycles. The van der Waals surface area contributed by atoms with Crippen molar-refractivity contribution < 1.29 is 14.3 Å². The van der Waals surface area contributed by atoms with E-state index in [0.717, 1.165) is 10.0 Å². The first-order chi connectivity index (χ1) is 9.61. The Morgan fingerprint density at radius 1 is 1.35 bits per heavy atom. The van der Waals surface area contributed by atoms with Crippen LogP contribution in [0.25, 0.3) is 0 Å². The Labute approximate surface area is 124 Å². The molecule has 1 aromatic carbocycles. The predicted octanol–water partition coefficient (Wildman–Crippen LogP) is 3.44. The van der Waals surface area contributed by atoms with Crippen molar-refractivity contribution in [3.63, 3.8) is 0 Å². The lowest BCUT2D eigenvalue weighted by atomic mass is 9.95. The van der Waals surface area contributed by atoms with Crippen molar-refractivity contribution in [1.29, 1.82) is 0 Å². The maximum Gasteiger partial charge on any atom is 0.321 e. The summed E-state index contributed by atoms with van der Waals surface area (Å²) < 4.78 is 11.5. The summed E-state index contributed by atoms with van der Waals surface area (Å²) in [6.07, 6.45) is 3.61. The molecule has 0 spiro atoms. The molecule has 102 valence electrons. The standard InChI is InChI=1S/C14H11BrN2O3/c1-8-4-13(18)20-12-5-10(2-3-11(8)12)19-14-16-6-9(15)7-17-14/h2-3,5-8H,4H2,1H3. The Morgan fingerprint density at radius 2 is 2.10 bits per heavy atom. The number of rotatable bonds is 2. The summed E-state index contributed by atoms with van der Waals surface area (Å²) in [5.74, 6) is 1.02. The molecule has 0 radical (unpaired) electrons. The predicted molar refractivity (Wildman–Crippen MR) is 74.9 cm³/mol. The molecule has 0 aliphatic carbocycles. The van der Waals surface area contributed by atoms with E-state index in [0.29, 0.717) is 17.9 Å². The van der Waals surface area contributed by atoms with E-state index >= 15 is 0 Å². The van der Waals surface area contributed by atoms with Crippen molar-refractivity contribution in [3.05, 3.63) is 40.6 Å². The number of carbonyl (C=O) groups is 1. The van der Waals surface area contributed by atoms with Crippen molar-refractivity contribution in [2.75, 3.05) is 0 Å². The topological polar surface area (TPSA) is 61.3 Å². The van der Waals surface area contributed by atoms with E-state index in [1.54, 1.807) is 18.5 Å². The average Bonchev–Trinajstić information content (AvgIpc) is 2.41. The van der Waals surface area contributed by atoms with Crippen molar-refractivity contribution in [1.82, 2.24) is 9.97 Å². The maximum absolute atomic E-state index is 11.5. The maximum atomic E-state index is 11.5. The first-order valence-electron chi connectivity index (χ1n) is 6.12. The summed E-state index contributed by atoms with van der Waals surface area (Å²) in [5, 5.41) is 0. The number of ether oxygens (including phenoxy) is 2. The number of hydrogen-bond acceptors (Lipinski definition) is 5. The number of benzene rings is 1. The van der Waals surface area contributed by atoms with Crippen molar-refractivity contribution >= 4 is 21.9 Å². The molecule has 5 nitrogen and oxygen atoms in total. The minimum Gasteiger partial charge on any atom is -0.426 e. The van der Waals surface area contributed by atoms with Crippen LogP contribution in [0.3, 0.4) is 0 Å². The second-order valence-corrected chi connectivity index (χ2v) is 5.48. The SMILES string of the molecule is CC1CC(=O)Oc2cc(Oc3ncc(Br)cn3)ccc21. The lowest BCUT2D eigenvalue weighted by Gasteiger charge is -2.21. The molecule has 1 aromatic heterocycles. The largest absolute Gasteiger partial charge is 0.426 e. The van der Waals surface area contributed by atoms with Gasteiger partial charge in [0.1, 0.15) is 11.5 Å². The summed E-state index contributed by atoms with van der Waals surface area (Å²) in [4.78, 5) is 19.5. The lowest BCUT2D eigenvalue weighted by molar-refractivity contribution is -0.135. The molecule has 0 bridgehead atoms. The quantitative estimate of drug-likeness (QED) is 0.621. The van der Waals surface area contributed by atoms with Gasteiger partial charge >= 0.3 is 12.0 Å². The molecule has 6 heteroatoms. The van der Waals surface area contributed by atoms with Crippen LogP contribution in [0.1, 0.15) is 24.8 Å². The van der Waals surface area contributed by atoms with Crippen LogP contribution in [-0.4, -0.2) is 15.9 Å².